The standard InChI is InChI=1S/C23H27N3O2S/c1-4-28-19-5-6-20-21(14-19)29-23(25-20)26-9-7-17(8-10-26)22(27)24-18-12-15(2)11-16(3)13-18/h5-6,11-14,17H,4,7-10H2,1-3H3,(H,24,27). The summed E-state index contributed by atoms with van der Waals surface area (Å²) in [6.45, 7) is 8.46. The molecular weight excluding hydrogens is 382 g/mol. The Hall–Kier alpha value is -2.60. The van der Waals surface area contributed by atoms with Crippen LogP contribution in [-0.2, 0) is 4.79 Å². The first-order valence-electron chi connectivity index (χ1n) is 10.2. The molecule has 29 heavy (non-hydrogen) atoms. The van der Waals surface area contributed by atoms with E-state index < -0.39 is 0 Å². The van der Waals surface area contributed by atoms with Gasteiger partial charge in [-0.15, -0.1) is 0 Å². The number of hydrogen-bond acceptors (Lipinski definition) is 5. The van der Waals surface area contributed by atoms with Gasteiger partial charge in [0.2, 0.25) is 5.91 Å². The predicted molar refractivity (Wildman–Crippen MR) is 120 cm³/mol. The van der Waals surface area contributed by atoms with E-state index in [-0.39, 0.29) is 11.8 Å². The molecule has 6 heteroatoms. The van der Waals surface area contributed by atoms with Crippen LogP contribution < -0.4 is 15.0 Å². The van der Waals surface area contributed by atoms with Crippen LogP contribution in [0.15, 0.2) is 36.4 Å². The number of carbonyl (C=O) groups excluding carboxylic acids is 1. The van der Waals surface area contributed by atoms with Crippen molar-refractivity contribution in [3.63, 3.8) is 0 Å². The largest absolute Gasteiger partial charge is 0.494 e. The highest BCUT2D eigenvalue weighted by Crippen LogP contribution is 2.33. The highest BCUT2D eigenvalue weighted by molar-refractivity contribution is 7.22. The van der Waals surface area contributed by atoms with Crippen LogP contribution in [0.4, 0.5) is 10.8 Å². The van der Waals surface area contributed by atoms with Crippen LogP contribution in [0.1, 0.15) is 30.9 Å². The van der Waals surface area contributed by atoms with Gasteiger partial charge in [-0.1, -0.05) is 17.4 Å². The number of thiazole rings is 1. The van der Waals surface area contributed by atoms with Crippen molar-refractivity contribution in [2.75, 3.05) is 29.9 Å². The second kappa shape index (κ2) is 8.41. The average molecular weight is 410 g/mol. The van der Waals surface area contributed by atoms with Crippen molar-refractivity contribution in [1.29, 1.82) is 0 Å². The fourth-order valence-corrected chi connectivity index (χ4v) is 4.95. The number of rotatable bonds is 5. The number of amides is 1. The molecule has 0 unspecified atom stereocenters. The molecular formula is C23H27N3O2S. The Bertz CT molecular complexity index is 1000. The lowest BCUT2D eigenvalue weighted by Crippen LogP contribution is -2.38. The maximum absolute atomic E-state index is 12.7. The maximum Gasteiger partial charge on any atom is 0.227 e. The number of nitrogens with one attached hydrogen (secondary N) is 1. The lowest BCUT2D eigenvalue weighted by Gasteiger charge is -2.31. The molecule has 0 aliphatic carbocycles. The molecule has 152 valence electrons. The van der Waals surface area contributed by atoms with Gasteiger partial charge in [-0.05, 0) is 75.1 Å². The van der Waals surface area contributed by atoms with E-state index in [4.69, 9.17) is 9.72 Å². The van der Waals surface area contributed by atoms with Gasteiger partial charge in [-0.3, -0.25) is 4.79 Å². The molecule has 0 spiro atoms. The van der Waals surface area contributed by atoms with Gasteiger partial charge in [0.1, 0.15) is 5.75 Å². The Morgan fingerprint density at radius 2 is 1.90 bits per heavy atom. The summed E-state index contributed by atoms with van der Waals surface area (Å²) in [4.78, 5) is 19.8. The number of aryl methyl sites for hydroxylation is 2. The fourth-order valence-electron chi connectivity index (χ4n) is 3.91. The van der Waals surface area contributed by atoms with Crippen LogP contribution in [-0.4, -0.2) is 30.6 Å². The summed E-state index contributed by atoms with van der Waals surface area (Å²) in [6.07, 6.45) is 1.69. The number of benzene rings is 2. The quantitative estimate of drug-likeness (QED) is 0.632. The van der Waals surface area contributed by atoms with Crippen LogP contribution in [0.2, 0.25) is 0 Å². The summed E-state index contributed by atoms with van der Waals surface area (Å²) in [5.74, 6) is 1.06. The number of ether oxygens (including phenoxy) is 1. The van der Waals surface area contributed by atoms with Gasteiger partial charge < -0.3 is 15.0 Å². The monoisotopic (exact) mass is 409 g/mol. The van der Waals surface area contributed by atoms with Crippen molar-refractivity contribution in [2.24, 2.45) is 5.92 Å². The van der Waals surface area contributed by atoms with Crippen molar-refractivity contribution in [1.82, 2.24) is 4.98 Å². The van der Waals surface area contributed by atoms with Crippen molar-refractivity contribution < 1.29 is 9.53 Å². The van der Waals surface area contributed by atoms with Crippen molar-refractivity contribution in [2.45, 2.75) is 33.6 Å². The zero-order chi connectivity index (χ0) is 20.4. The minimum atomic E-state index is 0.0472. The van der Waals surface area contributed by atoms with E-state index in [1.54, 1.807) is 11.3 Å². The number of aromatic nitrogens is 1. The van der Waals surface area contributed by atoms with E-state index in [0.29, 0.717) is 6.61 Å². The molecule has 2 heterocycles. The highest BCUT2D eigenvalue weighted by Gasteiger charge is 2.26. The molecule has 1 aromatic heterocycles. The minimum Gasteiger partial charge on any atom is -0.494 e. The van der Waals surface area contributed by atoms with E-state index in [2.05, 4.69) is 36.2 Å². The van der Waals surface area contributed by atoms with Gasteiger partial charge in [0, 0.05) is 24.7 Å². The normalized spacial score (nSPS) is 14.9. The van der Waals surface area contributed by atoms with E-state index in [0.717, 1.165) is 52.7 Å². The summed E-state index contributed by atoms with van der Waals surface area (Å²) < 4.78 is 6.73. The van der Waals surface area contributed by atoms with Gasteiger partial charge in [0.15, 0.2) is 5.13 Å². The first-order chi connectivity index (χ1) is 14.0. The molecule has 0 atom stereocenters. The lowest BCUT2D eigenvalue weighted by atomic mass is 9.96. The zero-order valence-electron chi connectivity index (χ0n) is 17.2. The van der Waals surface area contributed by atoms with Crippen LogP contribution >= 0.6 is 11.3 Å². The van der Waals surface area contributed by atoms with Gasteiger partial charge in [0.05, 0.1) is 16.8 Å². The first kappa shape index (κ1) is 19.7. The van der Waals surface area contributed by atoms with Gasteiger partial charge in [-0.25, -0.2) is 4.98 Å². The Morgan fingerprint density at radius 3 is 2.59 bits per heavy atom. The molecule has 1 saturated heterocycles. The number of nitrogens with zero attached hydrogens (tertiary/aromatic N) is 2. The van der Waals surface area contributed by atoms with Gasteiger partial charge >= 0.3 is 0 Å². The molecule has 0 bridgehead atoms. The molecule has 1 aliphatic rings. The Kier molecular flexibility index (Phi) is 5.72. The van der Waals surface area contributed by atoms with E-state index >= 15 is 0 Å². The van der Waals surface area contributed by atoms with E-state index in [9.17, 15) is 4.79 Å². The second-order valence-electron chi connectivity index (χ2n) is 7.69. The SMILES string of the molecule is CCOc1ccc2nc(N3CCC(C(=O)Nc4cc(C)cc(C)c4)CC3)sc2c1. The molecule has 3 aromatic rings. The topological polar surface area (TPSA) is 54.5 Å². The van der Waals surface area contributed by atoms with E-state index in [1.165, 1.54) is 11.1 Å². The summed E-state index contributed by atoms with van der Waals surface area (Å²) in [5, 5.41) is 4.13. The number of piperidine rings is 1. The van der Waals surface area contributed by atoms with Crippen molar-refractivity contribution in [3.8, 4) is 5.75 Å². The number of anilines is 2. The number of fused-ring (bicyclic) bond motifs is 1. The third kappa shape index (κ3) is 4.53. The third-order valence-electron chi connectivity index (χ3n) is 5.29. The number of carbonyl (C=O) groups is 1. The summed E-state index contributed by atoms with van der Waals surface area (Å²) in [7, 11) is 0. The van der Waals surface area contributed by atoms with Crippen LogP contribution in [0.25, 0.3) is 10.2 Å². The molecule has 2 aromatic carbocycles. The lowest BCUT2D eigenvalue weighted by molar-refractivity contribution is -0.120. The van der Waals surface area contributed by atoms with E-state index in [1.807, 2.05) is 31.2 Å². The maximum atomic E-state index is 12.7. The predicted octanol–water partition coefficient (Wildman–Crippen LogP) is 5.17. The molecule has 0 radical (unpaired) electrons. The average Bonchev–Trinajstić information content (AvgIpc) is 3.11. The summed E-state index contributed by atoms with van der Waals surface area (Å²) in [6, 6.07) is 12.2. The fraction of sp³-hybridized carbons (Fsp3) is 0.391. The first-order valence-corrected chi connectivity index (χ1v) is 11.0. The smallest absolute Gasteiger partial charge is 0.227 e. The second-order valence-corrected chi connectivity index (χ2v) is 8.70. The number of hydrogen-bond donors (Lipinski definition) is 1. The summed E-state index contributed by atoms with van der Waals surface area (Å²) >= 11 is 1.69. The Balaban J connectivity index is 1.38. The third-order valence-corrected chi connectivity index (χ3v) is 6.36. The summed E-state index contributed by atoms with van der Waals surface area (Å²) in [5.41, 5.74) is 4.23. The molecule has 5 nitrogen and oxygen atoms in total. The van der Waals surface area contributed by atoms with Crippen molar-refractivity contribution >= 4 is 38.3 Å². The van der Waals surface area contributed by atoms with Gasteiger partial charge in [-0.2, -0.15) is 0 Å². The zero-order valence-corrected chi connectivity index (χ0v) is 18.0. The Morgan fingerprint density at radius 1 is 1.17 bits per heavy atom. The molecule has 1 fully saturated rings. The molecule has 1 N–H and O–H groups in total. The van der Waals surface area contributed by atoms with Crippen molar-refractivity contribution in [3.05, 3.63) is 47.5 Å². The van der Waals surface area contributed by atoms with Crippen LogP contribution in [0, 0.1) is 19.8 Å². The molecule has 4 rings (SSSR count). The minimum absolute atomic E-state index is 0.0472. The van der Waals surface area contributed by atoms with Gasteiger partial charge in [0.25, 0.3) is 0 Å². The van der Waals surface area contributed by atoms with Crippen LogP contribution in [0.3, 0.4) is 0 Å². The molecule has 1 aliphatic heterocycles. The molecule has 1 amide bonds. The van der Waals surface area contributed by atoms with Crippen LogP contribution in [0.5, 0.6) is 5.75 Å². The highest BCUT2D eigenvalue weighted by atomic mass is 32.1. The molecule has 0 saturated carbocycles. The Labute approximate surface area is 175 Å².